The highest BCUT2D eigenvalue weighted by Crippen LogP contribution is 2.30. The number of nitrogens with one attached hydrogen (secondary N) is 1. The summed E-state index contributed by atoms with van der Waals surface area (Å²) in [6.45, 7) is 5.78. The normalized spacial score (nSPS) is 19.9. The lowest BCUT2D eigenvalue weighted by Gasteiger charge is -2.30. The van der Waals surface area contributed by atoms with E-state index < -0.39 is 0 Å². The van der Waals surface area contributed by atoms with Crippen LogP contribution in [0.4, 0.5) is 0 Å². The Balaban J connectivity index is 1.36. The molecule has 0 aliphatic carbocycles. The van der Waals surface area contributed by atoms with Crippen molar-refractivity contribution in [2.24, 2.45) is 0 Å². The predicted molar refractivity (Wildman–Crippen MR) is 110 cm³/mol. The van der Waals surface area contributed by atoms with Gasteiger partial charge in [-0.25, -0.2) is 0 Å². The highest BCUT2D eigenvalue weighted by Gasteiger charge is 2.23. The molecule has 0 saturated carbocycles. The molecule has 2 unspecified atom stereocenters. The number of fused-ring (bicyclic) bond motifs is 1. The minimum absolute atomic E-state index is 0.0889. The van der Waals surface area contributed by atoms with Gasteiger partial charge in [-0.2, -0.15) is 0 Å². The first-order chi connectivity index (χ1) is 13.3. The monoisotopic (exact) mass is 360 g/mol. The molecule has 1 aliphatic rings. The summed E-state index contributed by atoms with van der Waals surface area (Å²) in [6.07, 6.45) is 2.21. The molecule has 0 amide bonds. The number of hydrogen-bond donors (Lipinski definition) is 1. The van der Waals surface area contributed by atoms with E-state index >= 15 is 0 Å². The molecule has 0 aromatic heterocycles. The molecular formula is C24H26NO2. The van der Waals surface area contributed by atoms with Gasteiger partial charge in [0.1, 0.15) is 12.0 Å². The quantitative estimate of drug-likeness (QED) is 0.666. The van der Waals surface area contributed by atoms with Gasteiger partial charge in [-0.15, -0.1) is 0 Å². The fourth-order valence-electron chi connectivity index (χ4n) is 3.79. The van der Waals surface area contributed by atoms with Gasteiger partial charge in [-0.3, -0.25) is 5.32 Å². The van der Waals surface area contributed by atoms with Crippen molar-refractivity contribution in [3.8, 4) is 5.75 Å². The van der Waals surface area contributed by atoms with E-state index in [9.17, 15) is 0 Å². The Bertz CT molecular complexity index is 875. The number of piperidine rings is 1. The third-order valence-corrected chi connectivity index (χ3v) is 5.25. The summed E-state index contributed by atoms with van der Waals surface area (Å²) in [5.41, 5.74) is 2.57. The molecule has 2 atom stereocenters. The first kappa shape index (κ1) is 18.0. The van der Waals surface area contributed by atoms with E-state index in [0.717, 1.165) is 25.1 Å². The van der Waals surface area contributed by atoms with E-state index in [1.54, 1.807) is 0 Å². The van der Waals surface area contributed by atoms with Crippen molar-refractivity contribution in [3.63, 3.8) is 0 Å². The van der Waals surface area contributed by atoms with Gasteiger partial charge in [0.05, 0.1) is 13.2 Å². The van der Waals surface area contributed by atoms with Crippen LogP contribution in [0.1, 0.15) is 29.9 Å². The van der Waals surface area contributed by atoms with E-state index in [1.165, 1.54) is 21.9 Å². The van der Waals surface area contributed by atoms with E-state index in [1.807, 2.05) is 12.1 Å². The lowest BCUT2D eigenvalue weighted by atomic mass is 9.89. The maximum atomic E-state index is 6.19. The smallest absolute Gasteiger partial charge is 0.119 e. The van der Waals surface area contributed by atoms with Crippen molar-refractivity contribution in [2.45, 2.75) is 31.6 Å². The first-order valence-corrected chi connectivity index (χ1v) is 9.66. The number of ether oxygens (including phenoxy) is 2. The van der Waals surface area contributed by atoms with Crippen molar-refractivity contribution in [3.05, 3.63) is 84.8 Å². The van der Waals surface area contributed by atoms with E-state index in [2.05, 4.69) is 66.8 Å². The van der Waals surface area contributed by atoms with Gasteiger partial charge in [0.15, 0.2) is 0 Å². The molecule has 139 valence electrons. The molecule has 1 radical (unpaired) electrons. The molecule has 3 aromatic carbocycles. The number of rotatable bonds is 6. The van der Waals surface area contributed by atoms with E-state index in [0.29, 0.717) is 19.1 Å². The number of hydrogen-bond acceptors (Lipinski definition) is 3. The molecule has 3 nitrogen and oxygen atoms in total. The Morgan fingerprint density at radius 2 is 1.78 bits per heavy atom. The summed E-state index contributed by atoms with van der Waals surface area (Å²) in [4.78, 5) is 0. The summed E-state index contributed by atoms with van der Waals surface area (Å²) in [5.74, 6) is 1.40. The van der Waals surface area contributed by atoms with Gasteiger partial charge in [0, 0.05) is 0 Å². The molecule has 0 spiro atoms. The Morgan fingerprint density at radius 3 is 2.59 bits per heavy atom. The molecule has 1 aliphatic heterocycles. The van der Waals surface area contributed by atoms with Crippen molar-refractivity contribution in [1.82, 2.24) is 5.32 Å². The van der Waals surface area contributed by atoms with Gasteiger partial charge >= 0.3 is 0 Å². The average Bonchev–Trinajstić information content (AvgIpc) is 2.73. The SMILES string of the molecule is [CH2]COc1ccc(C2CCNC(OCc3ccc4ccccc4c3)C2)cc1. The van der Waals surface area contributed by atoms with E-state index in [4.69, 9.17) is 9.47 Å². The average molecular weight is 360 g/mol. The predicted octanol–water partition coefficient (Wildman–Crippen LogP) is 5.06. The van der Waals surface area contributed by atoms with Crippen LogP contribution in [0.3, 0.4) is 0 Å². The highest BCUT2D eigenvalue weighted by molar-refractivity contribution is 5.82. The zero-order chi connectivity index (χ0) is 18.5. The molecule has 4 rings (SSSR count). The largest absolute Gasteiger partial charge is 0.494 e. The lowest BCUT2D eigenvalue weighted by molar-refractivity contribution is -0.00398. The fraction of sp³-hybridized carbons (Fsp3) is 0.292. The lowest BCUT2D eigenvalue weighted by Crippen LogP contribution is -2.39. The second kappa shape index (κ2) is 8.55. The summed E-state index contributed by atoms with van der Waals surface area (Å²) >= 11 is 0. The van der Waals surface area contributed by atoms with Gasteiger partial charge < -0.3 is 9.47 Å². The topological polar surface area (TPSA) is 30.5 Å². The van der Waals surface area contributed by atoms with Crippen LogP contribution in [0.5, 0.6) is 5.75 Å². The van der Waals surface area contributed by atoms with Crippen molar-refractivity contribution >= 4 is 10.8 Å². The second-order valence-corrected chi connectivity index (χ2v) is 7.07. The minimum Gasteiger partial charge on any atom is -0.494 e. The molecule has 27 heavy (non-hydrogen) atoms. The Labute approximate surface area is 161 Å². The molecule has 0 bridgehead atoms. The fourth-order valence-corrected chi connectivity index (χ4v) is 3.79. The van der Waals surface area contributed by atoms with Crippen LogP contribution in [0, 0.1) is 6.92 Å². The van der Waals surface area contributed by atoms with Gasteiger partial charge in [-0.05, 0) is 72.3 Å². The molecule has 1 fully saturated rings. The second-order valence-electron chi connectivity index (χ2n) is 7.07. The molecule has 1 heterocycles. The van der Waals surface area contributed by atoms with Crippen molar-refractivity contribution in [1.29, 1.82) is 0 Å². The van der Waals surface area contributed by atoms with Crippen LogP contribution >= 0.6 is 0 Å². The van der Waals surface area contributed by atoms with Crippen LogP contribution in [-0.2, 0) is 11.3 Å². The summed E-state index contributed by atoms with van der Waals surface area (Å²) in [7, 11) is 0. The third-order valence-electron chi connectivity index (χ3n) is 5.25. The van der Waals surface area contributed by atoms with Gasteiger partial charge in [-0.1, -0.05) is 48.5 Å². The van der Waals surface area contributed by atoms with Crippen molar-refractivity contribution < 1.29 is 9.47 Å². The van der Waals surface area contributed by atoms with Gasteiger partial charge in [0.2, 0.25) is 0 Å². The molecule has 1 N–H and O–H groups in total. The Kier molecular flexibility index (Phi) is 5.71. The summed E-state index contributed by atoms with van der Waals surface area (Å²) < 4.78 is 11.6. The summed E-state index contributed by atoms with van der Waals surface area (Å²) in [6, 6.07) is 23.4. The van der Waals surface area contributed by atoms with Crippen LogP contribution in [0.15, 0.2) is 66.7 Å². The first-order valence-electron chi connectivity index (χ1n) is 9.66. The summed E-state index contributed by atoms with van der Waals surface area (Å²) in [5, 5.41) is 6.03. The van der Waals surface area contributed by atoms with E-state index in [-0.39, 0.29) is 6.23 Å². The van der Waals surface area contributed by atoms with Crippen LogP contribution in [-0.4, -0.2) is 19.4 Å². The Hall–Kier alpha value is -2.36. The standard InChI is InChI=1S/C24H26NO2/c1-2-26-23-11-9-20(10-12-23)22-13-14-25-24(16-22)27-17-18-7-8-19-5-3-4-6-21(19)15-18/h3-12,15,22,24-25H,1-2,13-14,16-17H2. The molecule has 3 heteroatoms. The van der Waals surface area contributed by atoms with Gasteiger partial charge in [0.25, 0.3) is 0 Å². The molecular weight excluding hydrogens is 334 g/mol. The van der Waals surface area contributed by atoms with Crippen LogP contribution in [0.2, 0.25) is 0 Å². The molecule has 1 saturated heterocycles. The van der Waals surface area contributed by atoms with Crippen molar-refractivity contribution in [2.75, 3.05) is 13.2 Å². The zero-order valence-corrected chi connectivity index (χ0v) is 15.6. The maximum absolute atomic E-state index is 6.19. The zero-order valence-electron chi connectivity index (χ0n) is 15.6. The molecule has 3 aromatic rings. The maximum Gasteiger partial charge on any atom is 0.119 e. The minimum atomic E-state index is 0.0889. The van der Waals surface area contributed by atoms with Crippen LogP contribution < -0.4 is 10.1 Å². The third kappa shape index (κ3) is 4.49. The number of benzene rings is 3. The van der Waals surface area contributed by atoms with Crippen LogP contribution in [0.25, 0.3) is 10.8 Å². The highest BCUT2D eigenvalue weighted by atomic mass is 16.5. The Morgan fingerprint density at radius 1 is 0.963 bits per heavy atom.